The first-order valence-corrected chi connectivity index (χ1v) is 6.29. The molecule has 1 heterocycles. The molecule has 0 aromatic heterocycles. The average Bonchev–Trinajstić information content (AvgIpc) is 2.57. The van der Waals surface area contributed by atoms with Crippen LogP contribution in [0.4, 0.5) is 10.5 Å². The number of carbonyl (C=O) groups excluding carboxylic acids is 1. The van der Waals surface area contributed by atoms with Crippen LogP contribution in [0.3, 0.4) is 0 Å². The van der Waals surface area contributed by atoms with Crippen LogP contribution in [0.1, 0.15) is 23.1 Å². The minimum atomic E-state index is -0.334. The number of anilines is 1. The van der Waals surface area contributed by atoms with Crippen LogP contribution in [0.15, 0.2) is 18.2 Å². The van der Waals surface area contributed by atoms with Crippen molar-refractivity contribution in [2.24, 2.45) is 0 Å². The van der Waals surface area contributed by atoms with Gasteiger partial charge in [0.2, 0.25) is 0 Å². The molecule has 4 nitrogen and oxygen atoms in total. The Hall–Kier alpha value is -1.97. The summed E-state index contributed by atoms with van der Waals surface area (Å²) in [4.78, 5) is 13.6. The summed E-state index contributed by atoms with van der Waals surface area (Å²) in [6.45, 7) is 4.63. The third kappa shape index (κ3) is 2.43. The van der Waals surface area contributed by atoms with Crippen LogP contribution in [0.2, 0.25) is 0 Å². The van der Waals surface area contributed by atoms with Gasteiger partial charge in [0.1, 0.15) is 5.76 Å². The van der Waals surface area contributed by atoms with Crippen molar-refractivity contribution in [3.05, 3.63) is 34.9 Å². The lowest BCUT2D eigenvalue weighted by molar-refractivity contribution is 0.178. The van der Waals surface area contributed by atoms with Crippen LogP contribution in [-0.4, -0.2) is 26.9 Å². The van der Waals surface area contributed by atoms with Gasteiger partial charge in [-0.25, -0.2) is 4.79 Å². The number of aryl methyl sites for hydroxylation is 2. The number of amides is 1. The lowest BCUT2D eigenvalue weighted by atomic mass is 10.0. The summed E-state index contributed by atoms with van der Waals surface area (Å²) in [5, 5.41) is 0. The molecular weight excluding hydrogens is 242 g/mol. The first-order chi connectivity index (χ1) is 9.08. The van der Waals surface area contributed by atoms with E-state index in [1.165, 1.54) is 7.11 Å². The lowest BCUT2D eigenvalue weighted by Crippen LogP contribution is -2.32. The van der Waals surface area contributed by atoms with Gasteiger partial charge in [0, 0.05) is 12.1 Å². The van der Waals surface area contributed by atoms with Crippen molar-refractivity contribution in [2.45, 2.75) is 20.3 Å². The molecule has 0 N–H and O–H groups in total. The maximum Gasteiger partial charge on any atom is 0.414 e. The SMILES string of the molecule is COC(=O)N1CCC=C(OC)c2cc(C)cc(C)c21. The van der Waals surface area contributed by atoms with E-state index in [0.717, 1.165) is 34.6 Å². The number of nitrogens with zero attached hydrogens (tertiary/aromatic N) is 1. The number of hydrogen-bond donors (Lipinski definition) is 0. The molecule has 0 spiro atoms. The molecule has 1 aliphatic heterocycles. The summed E-state index contributed by atoms with van der Waals surface area (Å²) >= 11 is 0. The average molecular weight is 261 g/mol. The first kappa shape index (κ1) is 13.5. The van der Waals surface area contributed by atoms with Gasteiger partial charge in [-0.3, -0.25) is 4.90 Å². The van der Waals surface area contributed by atoms with Crippen molar-refractivity contribution in [1.29, 1.82) is 0 Å². The molecule has 0 fully saturated rings. The quantitative estimate of drug-likeness (QED) is 0.778. The van der Waals surface area contributed by atoms with Gasteiger partial charge in [0.05, 0.1) is 19.9 Å². The van der Waals surface area contributed by atoms with Crippen molar-refractivity contribution in [2.75, 3.05) is 25.7 Å². The van der Waals surface area contributed by atoms with E-state index >= 15 is 0 Å². The van der Waals surface area contributed by atoms with Crippen molar-refractivity contribution in [3.8, 4) is 0 Å². The van der Waals surface area contributed by atoms with Gasteiger partial charge >= 0.3 is 6.09 Å². The maximum atomic E-state index is 12.0. The van der Waals surface area contributed by atoms with Crippen molar-refractivity contribution < 1.29 is 14.3 Å². The Morgan fingerprint density at radius 3 is 2.63 bits per heavy atom. The zero-order valence-corrected chi connectivity index (χ0v) is 11.8. The van der Waals surface area contributed by atoms with E-state index in [9.17, 15) is 4.79 Å². The predicted molar refractivity (Wildman–Crippen MR) is 75.3 cm³/mol. The van der Waals surface area contributed by atoms with Crippen LogP contribution in [0, 0.1) is 13.8 Å². The van der Waals surface area contributed by atoms with Gasteiger partial charge in [-0.1, -0.05) is 6.07 Å². The molecule has 19 heavy (non-hydrogen) atoms. The zero-order valence-electron chi connectivity index (χ0n) is 11.8. The van der Waals surface area contributed by atoms with Gasteiger partial charge in [0.25, 0.3) is 0 Å². The Kier molecular flexibility index (Phi) is 3.79. The summed E-state index contributed by atoms with van der Waals surface area (Å²) in [6.07, 6.45) is 2.42. The molecule has 0 atom stereocenters. The third-order valence-electron chi connectivity index (χ3n) is 3.28. The van der Waals surface area contributed by atoms with Crippen LogP contribution < -0.4 is 4.90 Å². The van der Waals surface area contributed by atoms with Gasteiger partial charge < -0.3 is 9.47 Å². The highest BCUT2D eigenvalue weighted by molar-refractivity contribution is 5.93. The Morgan fingerprint density at radius 1 is 1.26 bits per heavy atom. The molecule has 0 saturated heterocycles. The van der Waals surface area contributed by atoms with Gasteiger partial charge in [-0.2, -0.15) is 0 Å². The van der Waals surface area contributed by atoms with Gasteiger partial charge in [-0.15, -0.1) is 0 Å². The number of hydrogen-bond acceptors (Lipinski definition) is 3. The highest BCUT2D eigenvalue weighted by atomic mass is 16.5. The number of methoxy groups -OCH3 is 2. The summed E-state index contributed by atoms with van der Waals surface area (Å²) < 4.78 is 10.3. The summed E-state index contributed by atoms with van der Waals surface area (Å²) in [5.41, 5.74) is 4.02. The molecule has 1 aromatic carbocycles. The molecule has 0 aliphatic carbocycles. The molecule has 0 radical (unpaired) electrons. The Labute approximate surface area is 113 Å². The fourth-order valence-electron chi connectivity index (χ4n) is 2.54. The van der Waals surface area contributed by atoms with E-state index in [-0.39, 0.29) is 6.09 Å². The summed E-state index contributed by atoms with van der Waals surface area (Å²) in [5.74, 6) is 0.813. The van der Waals surface area contributed by atoms with E-state index in [0.29, 0.717) is 6.54 Å². The standard InChI is InChI=1S/C15H19NO3/c1-10-8-11(2)14-12(9-10)13(18-3)6-5-7-16(14)15(17)19-4/h6,8-9H,5,7H2,1-4H3. The third-order valence-corrected chi connectivity index (χ3v) is 3.28. The molecule has 0 bridgehead atoms. The topological polar surface area (TPSA) is 38.8 Å². The monoisotopic (exact) mass is 261 g/mol. The van der Waals surface area contributed by atoms with E-state index < -0.39 is 0 Å². The van der Waals surface area contributed by atoms with E-state index in [4.69, 9.17) is 9.47 Å². The number of carbonyl (C=O) groups is 1. The van der Waals surface area contributed by atoms with E-state index in [2.05, 4.69) is 6.07 Å². The zero-order chi connectivity index (χ0) is 14.0. The highest BCUT2D eigenvalue weighted by Crippen LogP contribution is 2.35. The molecule has 1 aliphatic rings. The molecule has 1 amide bonds. The molecule has 0 unspecified atom stereocenters. The molecule has 102 valence electrons. The maximum absolute atomic E-state index is 12.0. The van der Waals surface area contributed by atoms with Crippen LogP contribution >= 0.6 is 0 Å². The predicted octanol–water partition coefficient (Wildman–Crippen LogP) is 3.27. The van der Waals surface area contributed by atoms with E-state index in [1.807, 2.05) is 26.0 Å². The number of fused-ring (bicyclic) bond motifs is 1. The van der Waals surface area contributed by atoms with E-state index in [1.54, 1.807) is 12.0 Å². The lowest BCUT2D eigenvalue weighted by Gasteiger charge is -2.24. The van der Waals surface area contributed by atoms with Crippen molar-refractivity contribution in [1.82, 2.24) is 0 Å². The Morgan fingerprint density at radius 2 is 2.00 bits per heavy atom. The number of ether oxygens (including phenoxy) is 2. The fraction of sp³-hybridized carbons (Fsp3) is 0.400. The van der Waals surface area contributed by atoms with Gasteiger partial charge in [-0.05, 0) is 43.5 Å². The first-order valence-electron chi connectivity index (χ1n) is 6.29. The fourth-order valence-corrected chi connectivity index (χ4v) is 2.54. The number of rotatable bonds is 1. The summed E-state index contributed by atoms with van der Waals surface area (Å²) in [7, 11) is 3.06. The molecule has 0 saturated carbocycles. The van der Waals surface area contributed by atoms with Crippen LogP contribution in [-0.2, 0) is 9.47 Å². The van der Waals surface area contributed by atoms with Crippen molar-refractivity contribution >= 4 is 17.5 Å². The largest absolute Gasteiger partial charge is 0.496 e. The minimum Gasteiger partial charge on any atom is -0.496 e. The normalized spacial score (nSPS) is 14.3. The highest BCUT2D eigenvalue weighted by Gasteiger charge is 2.25. The van der Waals surface area contributed by atoms with Gasteiger partial charge in [0.15, 0.2) is 0 Å². The second kappa shape index (κ2) is 5.34. The molecular formula is C15H19NO3. The molecule has 4 heteroatoms. The van der Waals surface area contributed by atoms with Crippen LogP contribution in [0.5, 0.6) is 0 Å². The van der Waals surface area contributed by atoms with Crippen LogP contribution in [0.25, 0.3) is 5.76 Å². The molecule has 2 rings (SSSR count). The summed E-state index contributed by atoms with van der Waals surface area (Å²) in [6, 6.07) is 4.10. The second-order valence-corrected chi connectivity index (χ2v) is 4.66. The minimum absolute atomic E-state index is 0.334. The Bertz CT molecular complexity index is 534. The van der Waals surface area contributed by atoms with Crippen molar-refractivity contribution in [3.63, 3.8) is 0 Å². The second-order valence-electron chi connectivity index (χ2n) is 4.66. The molecule has 1 aromatic rings. The Balaban J connectivity index is 2.63. The number of benzene rings is 1. The smallest absolute Gasteiger partial charge is 0.414 e.